The Balaban J connectivity index is 1.72. The third-order valence-electron chi connectivity index (χ3n) is 4.98. The first-order chi connectivity index (χ1) is 13.5. The molecule has 5 heteroatoms. The fourth-order valence-corrected chi connectivity index (χ4v) is 5.01. The molecule has 1 aliphatic rings. The average molecular weight is 394 g/mol. The molecule has 0 unspecified atom stereocenters. The van der Waals surface area contributed by atoms with Gasteiger partial charge in [0.15, 0.2) is 0 Å². The molecule has 1 aromatic heterocycles. The molecular formula is C23H23NO3S. The summed E-state index contributed by atoms with van der Waals surface area (Å²) in [6.07, 6.45) is 3.78. The quantitative estimate of drug-likeness (QED) is 0.587. The van der Waals surface area contributed by atoms with Crippen LogP contribution in [-0.2, 0) is 17.6 Å². The van der Waals surface area contributed by atoms with Crippen molar-refractivity contribution >= 4 is 39.0 Å². The lowest BCUT2D eigenvalue weighted by Crippen LogP contribution is -2.18. The van der Waals surface area contributed by atoms with Crippen LogP contribution in [-0.4, -0.2) is 18.0 Å². The van der Waals surface area contributed by atoms with Gasteiger partial charge in [0.1, 0.15) is 5.00 Å². The summed E-state index contributed by atoms with van der Waals surface area (Å²) in [6, 6.07) is 13.5. The number of rotatable bonds is 4. The highest BCUT2D eigenvalue weighted by Crippen LogP contribution is 2.39. The van der Waals surface area contributed by atoms with E-state index in [0.717, 1.165) is 42.0 Å². The first-order valence-corrected chi connectivity index (χ1v) is 10.5. The van der Waals surface area contributed by atoms with E-state index < -0.39 is 0 Å². The molecule has 3 aromatic rings. The van der Waals surface area contributed by atoms with Crippen molar-refractivity contribution in [3.8, 4) is 0 Å². The number of hydrogen-bond donors (Lipinski definition) is 1. The van der Waals surface area contributed by atoms with E-state index in [-0.39, 0.29) is 18.0 Å². The predicted octanol–water partition coefficient (Wildman–Crippen LogP) is 5.60. The summed E-state index contributed by atoms with van der Waals surface area (Å²) in [5, 5.41) is 5.53. The number of carbonyl (C=O) groups excluding carboxylic acids is 2. The van der Waals surface area contributed by atoms with Gasteiger partial charge in [-0.05, 0) is 61.9 Å². The Labute approximate surface area is 168 Å². The lowest BCUT2D eigenvalue weighted by molar-refractivity contribution is 0.0378. The maximum atomic E-state index is 13.1. The maximum absolute atomic E-state index is 13.1. The Morgan fingerprint density at radius 2 is 1.79 bits per heavy atom. The van der Waals surface area contributed by atoms with Crippen molar-refractivity contribution in [3.05, 3.63) is 64.0 Å². The van der Waals surface area contributed by atoms with Crippen molar-refractivity contribution in [1.29, 1.82) is 0 Å². The molecule has 4 rings (SSSR count). The largest absolute Gasteiger partial charge is 0.459 e. The third-order valence-corrected chi connectivity index (χ3v) is 6.19. The zero-order valence-electron chi connectivity index (χ0n) is 16.1. The lowest BCUT2D eigenvalue weighted by Gasteiger charge is -2.14. The molecule has 2 aromatic carbocycles. The molecule has 28 heavy (non-hydrogen) atoms. The number of benzene rings is 2. The molecule has 0 aliphatic heterocycles. The summed E-state index contributed by atoms with van der Waals surface area (Å²) in [5.41, 5.74) is 2.20. The molecule has 1 aliphatic carbocycles. The van der Waals surface area contributed by atoms with Crippen LogP contribution >= 0.6 is 11.3 Å². The van der Waals surface area contributed by atoms with Gasteiger partial charge in [-0.1, -0.05) is 36.4 Å². The van der Waals surface area contributed by atoms with Gasteiger partial charge in [-0.3, -0.25) is 4.79 Å². The van der Waals surface area contributed by atoms with Crippen LogP contribution in [0.4, 0.5) is 5.00 Å². The number of nitrogens with one attached hydrogen (secondary N) is 1. The first kappa shape index (κ1) is 18.7. The summed E-state index contributed by atoms with van der Waals surface area (Å²) in [5.74, 6) is -0.545. The topological polar surface area (TPSA) is 55.4 Å². The molecule has 4 nitrogen and oxygen atoms in total. The van der Waals surface area contributed by atoms with E-state index in [4.69, 9.17) is 4.74 Å². The van der Waals surface area contributed by atoms with E-state index >= 15 is 0 Å². The highest BCUT2D eigenvalue weighted by molar-refractivity contribution is 7.17. The van der Waals surface area contributed by atoms with Crippen molar-refractivity contribution in [1.82, 2.24) is 0 Å². The van der Waals surface area contributed by atoms with Gasteiger partial charge in [0.05, 0.1) is 11.7 Å². The Kier molecular flexibility index (Phi) is 5.18. The van der Waals surface area contributed by atoms with E-state index in [0.29, 0.717) is 16.1 Å². The van der Waals surface area contributed by atoms with Gasteiger partial charge in [0, 0.05) is 10.4 Å². The summed E-state index contributed by atoms with van der Waals surface area (Å²) in [6.45, 7) is 3.68. The van der Waals surface area contributed by atoms with Crippen LogP contribution in [0.2, 0.25) is 0 Å². The molecule has 0 atom stereocenters. The van der Waals surface area contributed by atoms with Crippen LogP contribution in [0, 0.1) is 0 Å². The highest BCUT2D eigenvalue weighted by Gasteiger charge is 2.28. The summed E-state index contributed by atoms with van der Waals surface area (Å²) >= 11 is 1.51. The number of aryl methyl sites for hydroxylation is 1. The Morgan fingerprint density at radius 3 is 2.61 bits per heavy atom. The van der Waals surface area contributed by atoms with Gasteiger partial charge in [0.2, 0.25) is 0 Å². The zero-order chi connectivity index (χ0) is 19.7. The summed E-state index contributed by atoms with van der Waals surface area (Å²) in [7, 11) is 0. The minimum atomic E-state index is -0.345. The number of thiophene rings is 1. The molecule has 1 amide bonds. The minimum Gasteiger partial charge on any atom is -0.459 e. The molecule has 1 N–H and O–H groups in total. The third kappa shape index (κ3) is 3.54. The van der Waals surface area contributed by atoms with Crippen LogP contribution in [0.3, 0.4) is 0 Å². The van der Waals surface area contributed by atoms with Crippen LogP contribution in [0.25, 0.3) is 10.8 Å². The van der Waals surface area contributed by atoms with Crippen molar-refractivity contribution in [2.45, 2.75) is 45.6 Å². The highest BCUT2D eigenvalue weighted by atomic mass is 32.1. The van der Waals surface area contributed by atoms with Crippen LogP contribution < -0.4 is 5.32 Å². The number of hydrogen-bond acceptors (Lipinski definition) is 4. The van der Waals surface area contributed by atoms with Gasteiger partial charge in [0.25, 0.3) is 5.91 Å². The standard InChI is InChI=1S/C23H23NO3S/c1-14(2)27-23(26)20-18-11-5-6-13-19(18)28-22(20)24-21(25)17-12-7-9-15-8-3-4-10-16(15)17/h3-4,7-10,12,14H,5-6,11,13H2,1-2H3,(H,24,25). The SMILES string of the molecule is CC(C)OC(=O)c1c(NC(=O)c2cccc3ccccc23)sc2c1CCCC2. The second-order valence-electron chi connectivity index (χ2n) is 7.35. The van der Waals surface area contributed by atoms with Gasteiger partial charge in [-0.15, -0.1) is 11.3 Å². The van der Waals surface area contributed by atoms with Gasteiger partial charge >= 0.3 is 5.97 Å². The molecule has 0 radical (unpaired) electrons. The smallest absolute Gasteiger partial charge is 0.341 e. The number of anilines is 1. The van der Waals surface area contributed by atoms with Crippen LogP contribution in [0.1, 0.15) is 57.8 Å². The fourth-order valence-electron chi connectivity index (χ4n) is 3.74. The van der Waals surface area contributed by atoms with Gasteiger partial charge in [-0.25, -0.2) is 4.79 Å². The second kappa shape index (κ2) is 7.76. The average Bonchev–Trinajstić information content (AvgIpc) is 3.04. The molecule has 0 bridgehead atoms. The van der Waals surface area contributed by atoms with Crippen LogP contribution in [0.15, 0.2) is 42.5 Å². The number of amides is 1. The fraction of sp³-hybridized carbons (Fsp3) is 0.304. The molecule has 0 saturated heterocycles. The van der Waals surface area contributed by atoms with Crippen LogP contribution in [0.5, 0.6) is 0 Å². The zero-order valence-corrected chi connectivity index (χ0v) is 16.9. The van der Waals surface area contributed by atoms with Gasteiger partial charge in [-0.2, -0.15) is 0 Å². The Hall–Kier alpha value is -2.66. The second-order valence-corrected chi connectivity index (χ2v) is 8.46. The number of ether oxygens (including phenoxy) is 1. The van der Waals surface area contributed by atoms with E-state index in [9.17, 15) is 9.59 Å². The molecule has 1 heterocycles. The molecule has 144 valence electrons. The summed E-state index contributed by atoms with van der Waals surface area (Å²) in [4.78, 5) is 27.0. The van der Waals surface area contributed by atoms with E-state index in [1.807, 2.05) is 56.3 Å². The molecular weight excluding hydrogens is 370 g/mol. The van der Waals surface area contributed by atoms with E-state index in [2.05, 4.69) is 5.32 Å². The number of fused-ring (bicyclic) bond motifs is 2. The van der Waals surface area contributed by atoms with Crippen molar-refractivity contribution in [2.75, 3.05) is 5.32 Å². The first-order valence-electron chi connectivity index (χ1n) is 9.69. The summed E-state index contributed by atoms with van der Waals surface area (Å²) < 4.78 is 5.48. The predicted molar refractivity (Wildman–Crippen MR) is 113 cm³/mol. The number of esters is 1. The van der Waals surface area contributed by atoms with E-state index in [1.54, 1.807) is 0 Å². The van der Waals surface area contributed by atoms with Crippen molar-refractivity contribution in [2.24, 2.45) is 0 Å². The Morgan fingerprint density at radius 1 is 1.04 bits per heavy atom. The lowest BCUT2D eigenvalue weighted by atomic mass is 9.95. The van der Waals surface area contributed by atoms with Crippen molar-refractivity contribution < 1.29 is 14.3 Å². The van der Waals surface area contributed by atoms with Crippen molar-refractivity contribution in [3.63, 3.8) is 0 Å². The van der Waals surface area contributed by atoms with E-state index in [1.165, 1.54) is 16.2 Å². The molecule has 0 fully saturated rings. The monoisotopic (exact) mass is 393 g/mol. The molecule has 0 spiro atoms. The Bertz CT molecular complexity index is 1050. The normalized spacial score (nSPS) is 13.4. The minimum absolute atomic E-state index is 0.200. The van der Waals surface area contributed by atoms with Gasteiger partial charge < -0.3 is 10.1 Å². The molecule has 0 saturated carbocycles. The number of carbonyl (C=O) groups is 2. The maximum Gasteiger partial charge on any atom is 0.341 e.